The Morgan fingerprint density at radius 3 is 2.58 bits per heavy atom. The quantitative estimate of drug-likeness (QED) is 0.861. The Morgan fingerprint density at radius 1 is 1.21 bits per heavy atom. The summed E-state index contributed by atoms with van der Waals surface area (Å²) in [4.78, 5) is 2.43. The van der Waals surface area contributed by atoms with Crippen LogP contribution in [-0.2, 0) is 6.54 Å². The molecule has 0 aliphatic carbocycles. The maximum absolute atomic E-state index is 3.43. The van der Waals surface area contributed by atoms with Crippen LogP contribution in [0.3, 0.4) is 0 Å². The van der Waals surface area contributed by atoms with Crippen LogP contribution in [0.5, 0.6) is 0 Å². The SMILES string of the molecule is Cc1ccc(CN(C)CCSC2CCNCC2)cc1. The van der Waals surface area contributed by atoms with Crippen LogP contribution in [0.25, 0.3) is 0 Å². The Labute approximate surface area is 122 Å². The number of thioether (sulfide) groups is 1. The van der Waals surface area contributed by atoms with E-state index in [4.69, 9.17) is 0 Å². The highest BCUT2D eigenvalue weighted by molar-refractivity contribution is 7.99. The monoisotopic (exact) mass is 278 g/mol. The number of hydrogen-bond donors (Lipinski definition) is 1. The van der Waals surface area contributed by atoms with Gasteiger partial charge in [-0.05, 0) is 45.5 Å². The fourth-order valence-corrected chi connectivity index (χ4v) is 3.74. The van der Waals surface area contributed by atoms with E-state index in [2.05, 4.69) is 60.2 Å². The summed E-state index contributed by atoms with van der Waals surface area (Å²) < 4.78 is 0. The van der Waals surface area contributed by atoms with Gasteiger partial charge < -0.3 is 10.2 Å². The molecule has 2 nitrogen and oxygen atoms in total. The summed E-state index contributed by atoms with van der Waals surface area (Å²) in [5.41, 5.74) is 2.76. The number of piperidine rings is 1. The zero-order valence-corrected chi connectivity index (χ0v) is 13.0. The lowest BCUT2D eigenvalue weighted by Crippen LogP contribution is -2.30. The lowest BCUT2D eigenvalue weighted by atomic mass is 10.1. The second kappa shape index (κ2) is 7.93. The van der Waals surface area contributed by atoms with Crippen molar-refractivity contribution in [1.29, 1.82) is 0 Å². The van der Waals surface area contributed by atoms with Gasteiger partial charge in [-0.25, -0.2) is 0 Å². The molecule has 1 aliphatic rings. The van der Waals surface area contributed by atoms with Gasteiger partial charge in [-0.15, -0.1) is 0 Å². The summed E-state index contributed by atoms with van der Waals surface area (Å²) in [6.45, 7) is 6.80. The van der Waals surface area contributed by atoms with E-state index < -0.39 is 0 Å². The maximum Gasteiger partial charge on any atom is 0.0231 e. The standard InChI is InChI=1S/C16H26N2S/c1-14-3-5-15(6-4-14)13-18(2)11-12-19-16-7-9-17-10-8-16/h3-6,16-17H,7-13H2,1-2H3. The second-order valence-electron chi connectivity index (χ2n) is 5.54. The number of rotatable bonds is 6. The number of nitrogens with one attached hydrogen (secondary N) is 1. The Balaban J connectivity index is 1.63. The summed E-state index contributed by atoms with van der Waals surface area (Å²) >= 11 is 2.16. The van der Waals surface area contributed by atoms with Gasteiger partial charge in [0.1, 0.15) is 0 Å². The third kappa shape index (κ3) is 5.55. The Kier molecular flexibility index (Phi) is 6.21. The minimum atomic E-state index is 0.883. The number of hydrogen-bond acceptors (Lipinski definition) is 3. The topological polar surface area (TPSA) is 15.3 Å². The Hall–Kier alpha value is -0.510. The van der Waals surface area contributed by atoms with Gasteiger partial charge in [0.25, 0.3) is 0 Å². The van der Waals surface area contributed by atoms with Crippen molar-refractivity contribution < 1.29 is 0 Å². The average molecular weight is 278 g/mol. The second-order valence-corrected chi connectivity index (χ2v) is 6.95. The molecule has 19 heavy (non-hydrogen) atoms. The van der Waals surface area contributed by atoms with Crippen molar-refractivity contribution in [1.82, 2.24) is 10.2 Å². The van der Waals surface area contributed by atoms with Gasteiger partial charge in [0.15, 0.2) is 0 Å². The molecule has 1 aromatic rings. The van der Waals surface area contributed by atoms with E-state index in [1.54, 1.807) is 0 Å². The van der Waals surface area contributed by atoms with Crippen molar-refractivity contribution in [3.05, 3.63) is 35.4 Å². The van der Waals surface area contributed by atoms with Crippen LogP contribution in [0, 0.1) is 6.92 Å². The molecular formula is C16H26N2S. The highest BCUT2D eigenvalue weighted by Crippen LogP contribution is 2.20. The first-order valence-corrected chi connectivity index (χ1v) is 8.35. The van der Waals surface area contributed by atoms with Gasteiger partial charge in [0, 0.05) is 24.1 Å². The molecule has 1 aliphatic heterocycles. The van der Waals surface area contributed by atoms with Crippen molar-refractivity contribution in [3.63, 3.8) is 0 Å². The lowest BCUT2D eigenvalue weighted by Gasteiger charge is -2.23. The van der Waals surface area contributed by atoms with Crippen LogP contribution in [0.15, 0.2) is 24.3 Å². The molecule has 0 bridgehead atoms. The molecule has 2 rings (SSSR count). The molecule has 1 aromatic carbocycles. The summed E-state index contributed by atoms with van der Waals surface area (Å²) in [5.74, 6) is 1.26. The van der Waals surface area contributed by atoms with E-state index in [-0.39, 0.29) is 0 Å². The van der Waals surface area contributed by atoms with Crippen LogP contribution in [0.4, 0.5) is 0 Å². The first kappa shape index (κ1) is 14.9. The van der Waals surface area contributed by atoms with Crippen LogP contribution in [0.1, 0.15) is 24.0 Å². The number of nitrogens with zero attached hydrogens (tertiary/aromatic N) is 1. The van der Waals surface area contributed by atoms with E-state index in [0.717, 1.165) is 11.8 Å². The Bertz CT molecular complexity index is 358. The molecule has 0 spiro atoms. The van der Waals surface area contributed by atoms with Crippen molar-refractivity contribution >= 4 is 11.8 Å². The summed E-state index contributed by atoms with van der Waals surface area (Å²) in [5, 5.41) is 4.31. The normalized spacial score (nSPS) is 17.0. The molecule has 3 heteroatoms. The highest BCUT2D eigenvalue weighted by Gasteiger charge is 2.13. The van der Waals surface area contributed by atoms with Gasteiger partial charge in [-0.2, -0.15) is 11.8 Å². The fraction of sp³-hybridized carbons (Fsp3) is 0.625. The van der Waals surface area contributed by atoms with Crippen molar-refractivity contribution in [2.24, 2.45) is 0 Å². The number of benzene rings is 1. The molecule has 106 valence electrons. The predicted molar refractivity (Wildman–Crippen MR) is 85.9 cm³/mol. The first-order valence-electron chi connectivity index (χ1n) is 7.30. The molecule has 0 amide bonds. The number of aryl methyl sites for hydroxylation is 1. The molecule has 1 saturated heterocycles. The molecule has 0 saturated carbocycles. The van der Waals surface area contributed by atoms with E-state index in [0.29, 0.717) is 0 Å². The van der Waals surface area contributed by atoms with Crippen molar-refractivity contribution in [3.8, 4) is 0 Å². The van der Waals surface area contributed by atoms with Gasteiger partial charge in [0.05, 0.1) is 0 Å². The van der Waals surface area contributed by atoms with Crippen molar-refractivity contribution in [2.45, 2.75) is 31.6 Å². The smallest absolute Gasteiger partial charge is 0.0231 e. The zero-order valence-electron chi connectivity index (χ0n) is 12.2. The van der Waals surface area contributed by atoms with Gasteiger partial charge in [0.2, 0.25) is 0 Å². The molecule has 1 N–H and O–H groups in total. The van der Waals surface area contributed by atoms with Gasteiger partial charge >= 0.3 is 0 Å². The molecule has 0 unspecified atom stereocenters. The summed E-state index contributed by atoms with van der Waals surface area (Å²) in [6.07, 6.45) is 2.68. The molecule has 0 aromatic heterocycles. The third-order valence-corrected chi connectivity index (χ3v) is 5.05. The van der Waals surface area contributed by atoms with E-state index in [9.17, 15) is 0 Å². The lowest BCUT2D eigenvalue weighted by molar-refractivity contribution is 0.348. The molecule has 0 radical (unpaired) electrons. The minimum Gasteiger partial charge on any atom is -0.317 e. The first-order chi connectivity index (χ1) is 9.24. The minimum absolute atomic E-state index is 0.883. The molecule has 0 atom stereocenters. The fourth-order valence-electron chi connectivity index (χ4n) is 2.42. The zero-order chi connectivity index (χ0) is 13.5. The maximum atomic E-state index is 3.43. The third-order valence-electron chi connectivity index (χ3n) is 3.69. The largest absolute Gasteiger partial charge is 0.317 e. The molecular weight excluding hydrogens is 252 g/mol. The Morgan fingerprint density at radius 2 is 1.89 bits per heavy atom. The highest BCUT2D eigenvalue weighted by atomic mass is 32.2. The van der Waals surface area contributed by atoms with E-state index >= 15 is 0 Å². The molecule has 1 heterocycles. The van der Waals surface area contributed by atoms with Crippen LogP contribution in [0.2, 0.25) is 0 Å². The van der Waals surface area contributed by atoms with E-state index in [1.165, 1.54) is 49.4 Å². The van der Waals surface area contributed by atoms with Gasteiger partial charge in [-0.3, -0.25) is 0 Å². The van der Waals surface area contributed by atoms with Gasteiger partial charge in [-0.1, -0.05) is 29.8 Å². The van der Waals surface area contributed by atoms with Crippen LogP contribution in [-0.4, -0.2) is 42.6 Å². The van der Waals surface area contributed by atoms with Crippen LogP contribution < -0.4 is 5.32 Å². The summed E-state index contributed by atoms with van der Waals surface area (Å²) in [7, 11) is 2.23. The average Bonchev–Trinajstić information content (AvgIpc) is 2.43. The molecule has 1 fully saturated rings. The van der Waals surface area contributed by atoms with Crippen LogP contribution >= 0.6 is 11.8 Å². The summed E-state index contributed by atoms with van der Waals surface area (Å²) in [6, 6.07) is 8.89. The van der Waals surface area contributed by atoms with E-state index in [1.807, 2.05) is 0 Å². The van der Waals surface area contributed by atoms with Crippen molar-refractivity contribution in [2.75, 3.05) is 32.4 Å². The predicted octanol–water partition coefficient (Wildman–Crippen LogP) is 2.91.